The predicted octanol–water partition coefficient (Wildman–Crippen LogP) is 1.60. The molecule has 1 aromatic carbocycles. The van der Waals surface area contributed by atoms with Gasteiger partial charge in [-0.25, -0.2) is 28.1 Å². The van der Waals surface area contributed by atoms with E-state index in [0.717, 1.165) is 19.1 Å². The summed E-state index contributed by atoms with van der Waals surface area (Å²) in [4.78, 5) is 27.7. The molecule has 192 valence electrons. The minimum absolute atomic E-state index is 0.125. The number of methoxy groups -OCH3 is 1. The first kappa shape index (κ1) is 24.4. The van der Waals surface area contributed by atoms with Gasteiger partial charge in [0.2, 0.25) is 5.88 Å². The number of rotatable bonds is 6. The standard InChI is InChI=1S/C24H26N8O4S/c1-36-19-12-15(9-10-26-19)24(33)29-16-4-3-11-31(13-16)23-20-21(25)27-14-28-22(20)32(30-23)17-5-7-18(8-6-17)37(2,34)35/h5-10,12,14,16H,3-4,11,13H2,1-2H3,(H,29,33)(H2,25,27,28)/t16-/m1/s1. The van der Waals surface area contributed by atoms with Crippen molar-refractivity contribution < 1.29 is 17.9 Å². The van der Waals surface area contributed by atoms with Crippen LogP contribution in [0.5, 0.6) is 5.88 Å². The molecule has 0 bridgehead atoms. The molecule has 13 heteroatoms. The van der Waals surface area contributed by atoms with Gasteiger partial charge in [0.15, 0.2) is 21.3 Å². The SMILES string of the molecule is COc1cc(C(=O)N[C@@H]2CCCN(c3nn(-c4ccc(S(C)(=O)=O)cc4)c4ncnc(N)c34)C2)ccn1. The number of hydrogen-bond acceptors (Lipinski definition) is 10. The van der Waals surface area contributed by atoms with Crippen molar-refractivity contribution in [2.45, 2.75) is 23.8 Å². The van der Waals surface area contributed by atoms with Crippen molar-refractivity contribution in [2.24, 2.45) is 0 Å². The normalized spacial score (nSPS) is 16.1. The minimum Gasteiger partial charge on any atom is -0.481 e. The predicted molar refractivity (Wildman–Crippen MR) is 138 cm³/mol. The zero-order valence-corrected chi connectivity index (χ0v) is 21.1. The van der Waals surface area contributed by atoms with E-state index in [-0.39, 0.29) is 22.7 Å². The maximum absolute atomic E-state index is 12.9. The van der Waals surface area contributed by atoms with Crippen LogP contribution < -0.4 is 20.7 Å². The van der Waals surface area contributed by atoms with Gasteiger partial charge in [-0.3, -0.25) is 4.79 Å². The molecule has 0 unspecified atom stereocenters. The lowest BCUT2D eigenvalue weighted by atomic mass is 10.0. The van der Waals surface area contributed by atoms with Crippen LogP contribution in [0.3, 0.4) is 0 Å². The topological polar surface area (TPSA) is 158 Å². The summed E-state index contributed by atoms with van der Waals surface area (Å²) in [5, 5.41) is 8.49. The van der Waals surface area contributed by atoms with Crippen LogP contribution in [0, 0.1) is 0 Å². The van der Waals surface area contributed by atoms with Gasteiger partial charge in [0.1, 0.15) is 17.5 Å². The average Bonchev–Trinajstić information content (AvgIpc) is 3.29. The van der Waals surface area contributed by atoms with Crippen molar-refractivity contribution >= 4 is 38.4 Å². The van der Waals surface area contributed by atoms with Crippen LogP contribution in [0.15, 0.2) is 53.8 Å². The number of carbonyl (C=O) groups is 1. The first-order valence-corrected chi connectivity index (χ1v) is 13.5. The third-order valence-electron chi connectivity index (χ3n) is 6.25. The molecule has 0 spiro atoms. The Morgan fingerprint density at radius 3 is 2.68 bits per heavy atom. The summed E-state index contributed by atoms with van der Waals surface area (Å²) in [5.74, 6) is 1.05. The van der Waals surface area contributed by atoms with Crippen LogP contribution in [0.1, 0.15) is 23.2 Å². The van der Waals surface area contributed by atoms with Crippen molar-refractivity contribution in [3.8, 4) is 11.6 Å². The number of nitrogens with zero attached hydrogens (tertiary/aromatic N) is 6. The number of nitrogens with two attached hydrogens (primary N) is 1. The highest BCUT2D eigenvalue weighted by atomic mass is 32.2. The third kappa shape index (κ3) is 4.89. The Morgan fingerprint density at radius 2 is 1.95 bits per heavy atom. The average molecular weight is 523 g/mol. The summed E-state index contributed by atoms with van der Waals surface area (Å²) in [7, 11) is -1.83. The molecule has 3 N–H and O–H groups in total. The molecule has 5 rings (SSSR count). The summed E-state index contributed by atoms with van der Waals surface area (Å²) >= 11 is 0. The van der Waals surface area contributed by atoms with Crippen molar-refractivity contribution in [3.05, 3.63) is 54.5 Å². The Morgan fingerprint density at radius 1 is 1.16 bits per heavy atom. The molecule has 1 aliphatic heterocycles. The second-order valence-electron chi connectivity index (χ2n) is 8.80. The Labute approximate surface area is 213 Å². The molecule has 0 radical (unpaired) electrons. The summed E-state index contributed by atoms with van der Waals surface area (Å²) in [6.45, 7) is 1.23. The van der Waals surface area contributed by atoms with Gasteiger partial charge in [-0.2, -0.15) is 0 Å². The van der Waals surface area contributed by atoms with Crippen molar-refractivity contribution in [3.63, 3.8) is 0 Å². The summed E-state index contributed by atoms with van der Waals surface area (Å²) < 4.78 is 30.5. The highest BCUT2D eigenvalue weighted by Crippen LogP contribution is 2.32. The molecule has 1 atom stereocenters. The molecule has 1 saturated heterocycles. The van der Waals surface area contributed by atoms with Gasteiger partial charge in [-0.05, 0) is 43.2 Å². The number of benzene rings is 1. The van der Waals surface area contributed by atoms with E-state index in [2.05, 4.69) is 25.2 Å². The van der Waals surface area contributed by atoms with E-state index in [9.17, 15) is 13.2 Å². The minimum atomic E-state index is -3.33. The summed E-state index contributed by atoms with van der Waals surface area (Å²) in [6.07, 6.45) is 5.70. The first-order chi connectivity index (χ1) is 17.7. The number of aromatic nitrogens is 5. The van der Waals surface area contributed by atoms with Crippen molar-refractivity contribution in [1.29, 1.82) is 0 Å². The van der Waals surface area contributed by atoms with Crippen LogP contribution in [0.25, 0.3) is 16.7 Å². The lowest BCUT2D eigenvalue weighted by molar-refractivity contribution is 0.0932. The van der Waals surface area contributed by atoms with E-state index in [1.807, 2.05) is 0 Å². The molecule has 4 heterocycles. The fraction of sp³-hybridized carbons (Fsp3) is 0.292. The van der Waals surface area contributed by atoms with Gasteiger partial charge in [-0.15, -0.1) is 5.10 Å². The molecule has 0 saturated carbocycles. The lowest BCUT2D eigenvalue weighted by Crippen LogP contribution is -2.48. The number of fused-ring (bicyclic) bond motifs is 1. The van der Waals surface area contributed by atoms with E-state index < -0.39 is 9.84 Å². The van der Waals surface area contributed by atoms with Gasteiger partial charge in [0.25, 0.3) is 5.91 Å². The molecular formula is C24H26N8O4S. The number of piperidine rings is 1. The quantitative estimate of drug-likeness (QED) is 0.381. The number of anilines is 2. The largest absolute Gasteiger partial charge is 0.481 e. The Balaban J connectivity index is 1.44. The molecule has 4 aromatic rings. The monoisotopic (exact) mass is 522 g/mol. The number of carbonyl (C=O) groups excluding carboxylic acids is 1. The molecule has 1 fully saturated rings. The second kappa shape index (κ2) is 9.65. The zero-order valence-electron chi connectivity index (χ0n) is 20.3. The van der Waals surface area contributed by atoms with Gasteiger partial charge in [0, 0.05) is 43.2 Å². The number of ether oxygens (including phenoxy) is 1. The number of pyridine rings is 1. The number of sulfone groups is 1. The van der Waals surface area contributed by atoms with Crippen LogP contribution >= 0.6 is 0 Å². The molecule has 0 aliphatic carbocycles. The highest BCUT2D eigenvalue weighted by Gasteiger charge is 2.27. The second-order valence-corrected chi connectivity index (χ2v) is 10.8. The van der Waals surface area contributed by atoms with E-state index >= 15 is 0 Å². The van der Waals surface area contributed by atoms with Crippen LogP contribution in [-0.2, 0) is 9.84 Å². The van der Waals surface area contributed by atoms with Gasteiger partial charge < -0.3 is 20.7 Å². The number of amides is 1. The maximum atomic E-state index is 12.9. The van der Waals surface area contributed by atoms with Crippen LogP contribution in [0.4, 0.5) is 11.6 Å². The first-order valence-electron chi connectivity index (χ1n) is 11.6. The Hall–Kier alpha value is -4.26. The Bertz CT molecular complexity index is 1570. The molecule has 1 amide bonds. The number of nitrogens with one attached hydrogen (secondary N) is 1. The van der Waals surface area contributed by atoms with E-state index in [0.29, 0.717) is 47.1 Å². The van der Waals surface area contributed by atoms with Gasteiger partial charge >= 0.3 is 0 Å². The smallest absolute Gasteiger partial charge is 0.251 e. The van der Waals surface area contributed by atoms with E-state index in [4.69, 9.17) is 15.6 Å². The molecule has 12 nitrogen and oxygen atoms in total. The molecule has 37 heavy (non-hydrogen) atoms. The molecule has 1 aliphatic rings. The Kier molecular flexibility index (Phi) is 6.38. The summed E-state index contributed by atoms with van der Waals surface area (Å²) in [6, 6.07) is 9.52. The summed E-state index contributed by atoms with van der Waals surface area (Å²) in [5.41, 5.74) is 7.86. The third-order valence-corrected chi connectivity index (χ3v) is 7.38. The highest BCUT2D eigenvalue weighted by molar-refractivity contribution is 7.90. The fourth-order valence-corrected chi connectivity index (χ4v) is 5.04. The van der Waals surface area contributed by atoms with E-state index in [1.54, 1.807) is 28.9 Å². The van der Waals surface area contributed by atoms with Crippen molar-refractivity contribution in [2.75, 3.05) is 37.1 Å². The van der Waals surface area contributed by atoms with Gasteiger partial charge in [-0.1, -0.05) is 0 Å². The van der Waals surface area contributed by atoms with Crippen LogP contribution in [-0.4, -0.2) is 71.6 Å². The molecular weight excluding hydrogens is 496 g/mol. The lowest BCUT2D eigenvalue weighted by Gasteiger charge is -2.33. The maximum Gasteiger partial charge on any atom is 0.251 e. The fourth-order valence-electron chi connectivity index (χ4n) is 4.41. The number of hydrogen-bond donors (Lipinski definition) is 2. The molecule has 3 aromatic heterocycles. The van der Waals surface area contributed by atoms with Crippen molar-refractivity contribution in [1.82, 2.24) is 30.0 Å². The van der Waals surface area contributed by atoms with Gasteiger partial charge in [0.05, 0.1) is 17.7 Å². The van der Waals surface area contributed by atoms with Crippen LogP contribution in [0.2, 0.25) is 0 Å². The number of nitrogen functional groups attached to an aromatic ring is 1. The zero-order chi connectivity index (χ0) is 26.2. The van der Waals surface area contributed by atoms with E-state index in [1.165, 1.54) is 31.8 Å².